The number of aryl methyl sites for hydroxylation is 1. The van der Waals surface area contributed by atoms with Crippen molar-refractivity contribution >= 4 is 5.97 Å². The zero-order chi connectivity index (χ0) is 23.8. The summed E-state index contributed by atoms with van der Waals surface area (Å²) in [5.74, 6) is 0.360. The second-order valence-electron chi connectivity index (χ2n) is 10.0. The molecule has 178 valence electrons. The molecule has 0 bridgehead atoms. The molecule has 0 unspecified atom stereocenters. The van der Waals surface area contributed by atoms with Crippen LogP contribution in [0.3, 0.4) is 0 Å². The first kappa shape index (κ1) is 23.6. The molecule has 1 N–H and O–H groups in total. The maximum Gasteiger partial charge on any atom is 0.416 e. The van der Waals surface area contributed by atoms with Crippen molar-refractivity contribution in [1.82, 2.24) is 4.90 Å². The predicted molar refractivity (Wildman–Crippen MR) is 119 cm³/mol. The lowest BCUT2D eigenvalue weighted by Gasteiger charge is -2.48. The molecule has 2 aromatic carbocycles. The van der Waals surface area contributed by atoms with Gasteiger partial charge in [0.2, 0.25) is 0 Å². The van der Waals surface area contributed by atoms with Gasteiger partial charge >= 0.3 is 12.1 Å². The number of rotatable bonds is 9. The summed E-state index contributed by atoms with van der Waals surface area (Å²) in [6, 6.07) is 12.0. The Balaban J connectivity index is 1.34. The largest absolute Gasteiger partial charge is 0.493 e. The summed E-state index contributed by atoms with van der Waals surface area (Å²) in [6.07, 6.45) is -2.11. The standard InChI is InChI=1S/C26H30F3NO3/c1-17-6-9-23(26(27,28)29)20(10-17)13-30-14-25(2,15-30)16-33-21-5-3-4-19(11-21)22(12-24(31)32)18-7-8-18/h3-6,9-11,18,22H,7-8,12-16H2,1-2H3,(H,31,32)/t22-/m0/s1. The number of nitrogens with zero attached hydrogens (tertiary/aromatic N) is 1. The number of hydrogen-bond acceptors (Lipinski definition) is 3. The Labute approximate surface area is 192 Å². The molecule has 4 rings (SSSR count). The lowest BCUT2D eigenvalue weighted by atomic mass is 9.82. The molecular formula is C26H30F3NO3. The van der Waals surface area contributed by atoms with E-state index < -0.39 is 17.7 Å². The van der Waals surface area contributed by atoms with Gasteiger partial charge in [-0.05, 0) is 60.9 Å². The van der Waals surface area contributed by atoms with E-state index in [1.54, 1.807) is 13.0 Å². The molecule has 33 heavy (non-hydrogen) atoms. The molecule has 7 heteroatoms. The Morgan fingerprint density at radius 3 is 2.58 bits per heavy atom. The number of ether oxygens (including phenoxy) is 1. The van der Waals surface area contributed by atoms with Crippen LogP contribution in [0.4, 0.5) is 13.2 Å². The predicted octanol–water partition coefficient (Wildman–Crippen LogP) is 5.88. The molecule has 1 atom stereocenters. The van der Waals surface area contributed by atoms with E-state index in [1.807, 2.05) is 29.2 Å². The monoisotopic (exact) mass is 461 g/mol. The van der Waals surface area contributed by atoms with Gasteiger partial charge in [0.15, 0.2) is 0 Å². The molecule has 1 aliphatic heterocycles. The van der Waals surface area contributed by atoms with Crippen molar-refractivity contribution < 1.29 is 27.8 Å². The number of hydrogen-bond donors (Lipinski definition) is 1. The van der Waals surface area contributed by atoms with Crippen LogP contribution in [-0.2, 0) is 17.5 Å². The van der Waals surface area contributed by atoms with E-state index in [4.69, 9.17) is 4.74 Å². The molecule has 0 amide bonds. The van der Waals surface area contributed by atoms with Gasteiger partial charge in [0.1, 0.15) is 5.75 Å². The number of halogens is 3. The normalized spacial score (nSPS) is 19.1. The maximum atomic E-state index is 13.4. The van der Waals surface area contributed by atoms with Crippen LogP contribution in [0.15, 0.2) is 42.5 Å². The van der Waals surface area contributed by atoms with Crippen molar-refractivity contribution in [3.05, 3.63) is 64.7 Å². The van der Waals surface area contributed by atoms with Crippen molar-refractivity contribution in [2.24, 2.45) is 11.3 Å². The first-order valence-corrected chi connectivity index (χ1v) is 11.4. The van der Waals surface area contributed by atoms with Gasteiger partial charge < -0.3 is 9.84 Å². The number of likely N-dealkylation sites (tertiary alicyclic amines) is 1. The minimum Gasteiger partial charge on any atom is -0.493 e. The lowest BCUT2D eigenvalue weighted by molar-refractivity contribution is -0.139. The summed E-state index contributed by atoms with van der Waals surface area (Å²) in [7, 11) is 0. The first-order valence-electron chi connectivity index (χ1n) is 11.4. The van der Waals surface area contributed by atoms with Gasteiger partial charge in [0, 0.05) is 25.0 Å². The summed E-state index contributed by atoms with van der Waals surface area (Å²) in [4.78, 5) is 13.3. The van der Waals surface area contributed by atoms with Crippen LogP contribution in [0.25, 0.3) is 0 Å². The number of benzene rings is 2. The summed E-state index contributed by atoms with van der Waals surface area (Å²) in [6.45, 7) is 5.91. The van der Waals surface area contributed by atoms with Crippen LogP contribution in [0.2, 0.25) is 0 Å². The SMILES string of the molecule is Cc1ccc(C(F)(F)F)c(CN2CC(C)(COc3cccc([C@@H](CC(=O)O)C4CC4)c3)C2)c1. The number of carboxylic acids is 1. The highest BCUT2D eigenvalue weighted by atomic mass is 19.4. The van der Waals surface area contributed by atoms with Crippen LogP contribution in [0, 0.1) is 18.3 Å². The Kier molecular flexibility index (Phi) is 6.45. The molecule has 1 saturated carbocycles. The molecule has 0 spiro atoms. The van der Waals surface area contributed by atoms with Crippen molar-refractivity contribution in [2.45, 2.75) is 51.7 Å². The zero-order valence-electron chi connectivity index (χ0n) is 19.0. The minimum absolute atomic E-state index is 0.0120. The quantitative estimate of drug-likeness (QED) is 0.506. The Morgan fingerprint density at radius 1 is 1.21 bits per heavy atom. The van der Waals surface area contributed by atoms with Crippen LogP contribution >= 0.6 is 0 Å². The van der Waals surface area contributed by atoms with E-state index in [9.17, 15) is 23.1 Å². The molecule has 2 fully saturated rings. The van der Waals surface area contributed by atoms with Crippen molar-refractivity contribution in [3.63, 3.8) is 0 Å². The zero-order valence-corrected chi connectivity index (χ0v) is 19.0. The highest BCUT2D eigenvalue weighted by Crippen LogP contribution is 2.45. The Hall–Kier alpha value is -2.54. The molecule has 1 heterocycles. The van der Waals surface area contributed by atoms with Gasteiger partial charge in [0.05, 0.1) is 18.6 Å². The minimum atomic E-state index is -4.36. The van der Waals surface area contributed by atoms with Gasteiger partial charge in [-0.1, -0.05) is 36.8 Å². The van der Waals surface area contributed by atoms with E-state index in [-0.39, 0.29) is 24.3 Å². The maximum absolute atomic E-state index is 13.4. The van der Waals surface area contributed by atoms with Crippen LogP contribution in [0.1, 0.15) is 54.4 Å². The van der Waals surface area contributed by atoms with Crippen LogP contribution in [0.5, 0.6) is 5.75 Å². The van der Waals surface area contributed by atoms with Crippen molar-refractivity contribution in [1.29, 1.82) is 0 Å². The Morgan fingerprint density at radius 2 is 1.94 bits per heavy atom. The van der Waals surface area contributed by atoms with Gasteiger partial charge in [-0.15, -0.1) is 0 Å². The molecule has 1 aliphatic carbocycles. The van der Waals surface area contributed by atoms with Crippen molar-refractivity contribution in [2.75, 3.05) is 19.7 Å². The summed E-state index contributed by atoms with van der Waals surface area (Å²) < 4.78 is 46.1. The third-order valence-corrected chi connectivity index (χ3v) is 6.63. The number of alkyl halides is 3. The van der Waals surface area contributed by atoms with Gasteiger partial charge in [-0.2, -0.15) is 13.2 Å². The van der Waals surface area contributed by atoms with E-state index >= 15 is 0 Å². The average molecular weight is 462 g/mol. The molecule has 2 aromatic rings. The summed E-state index contributed by atoms with van der Waals surface area (Å²) >= 11 is 0. The van der Waals surface area contributed by atoms with E-state index in [0.717, 1.165) is 24.0 Å². The topological polar surface area (TPSA) is 49.8 Å². The Bertz CT molecular complexity index is 1010. The van der Waals surface area contributed by atoms with Crippen LogP contribution in [-0.4, -0.2) is 35.7 Å². The smallest absolute Gasteiger partial charge is 0.416 e. The molecule has 0 aromatic heterocycles. The van der Waals surface area contributed by atoms with E-state index in [2.05, 4.69) is 6.92 Å². The number of carboxylic acid groups (broad SMARTS) is 1. The molecule has 4 nitrogen and oxygen atoms in total. The fourth-order valence-electron chi connectivity index (χ4n) is 4.94. The molecular weight excluding hydrogens is 431 g/mol. The molecule has 1 saturated heterocycles. The van der Waals surface area contributed by atoms with Gasteiger partial charge in [0.25, 0.3) is 0 Å². The van der Waals surface area contributed by atoms with Crippen molar-refractivity contribution in [3.8, 4) is 5.75 Å². The molecule has 0 radical (unpaired) electrons. The van der Waals surface area contributed by atoms with Gasteiger partial charge in [-0.25, -0.2) is 0 Å². The first-order chi connectivity index (χ1) is 15.5. The van der Waals surface area contributed by atoms with Gasteiger partial charge in [-0.3, -0.25) is 9.69 Å². The number of carbonyl (C=O) groups is 1. The summed E-state index contributed by atoms with van der Waals surface area (Å²) in [5, 5.41) is 9.25. The highest BCUT2D eigenvalue weighted by molar-refractivity contribution is 5.68. The van der Waals surface area contributed by atoms with E-state index in [0.29, 0.717) is 36.9 Å². The highest BCUT2D eigenvalue weighted by Gasteiger charge is 2.41. The fraction of sp³-hybridized carbons (Fsp3) is 0.500. The average Bonchev–Trinajstić information content (AvgIpc) is 3.54. The number of aliphatic carboxylic acids is 1. The fourth-order valence-corrected chi connectivity index (χ4v) is 4.94. The third kappa shape index (κ3) is 5.88. The third-order valence-electron chi connectivity index (χ3n) is 6.63. The summed E-state index contributed by atoms with van der Waals surface area (Å²) in [5.41, 5.74) is 1.41. The lowest BCUT2D eigenvalue weighted by Crippen LogP contribution is -2.56. The second kappa shape index (κ2) is 9.01. The second-order valence-corrected chi connectivity index (χ2v) is 10.0. The molecule has 2 aliphatic rings. The van der Waals surface area contributed by atoms with E-state index in [1.165, 1.54) is 12.1 Å². The van der Waals surface area contributed by atoms with Crippen LogP contribution < -0.4 is 4.74 Å².